The molecule has 3 aromatic carbocycles. The molecule has 0 bridgehead atoms. The van der Waals surface area contributed by atoms with E-state index in [0.717, 1.165) is 10.4 Å². The van der Waals surface area contributed by atoms with E-state index in [1.807, 2.05) is 66.7 Å². The van der Waals surface area contributed by atoms with Crippen LogP contribution in [-0.2, 0) is 4.79 Å². The van der Waals surface area contributed by atoms with Gasteiger partial charge in [-0.1, -0.05) is 60.3 Å². The molecule has 0 saturated heterocycles. The summed E-state index contributed by atoms with van der Waals surface area (Å²) in [6.45, 7) is 0. The van der Waals surface area contributed by atoms with Crippen molar-refractivity contribution in [3.63, 3.8) is 0 Å². The maximum Gasteiger partial charge on any atom is 0.267 e. The molecule has 2 N–H and O–H groups in total. The Morgan fingerprint density at radius 2 is 1.65 bits per heavy atom. The normalized spacial score (nSPS) is 10.9. The second kappa shape index (κ2) is 9.54. The zero-order valence-electron chi connectivity index (χ0n) is 17.8. The van der Waals surface area contributed by atoms with Crippen molar-refractivity contribution in [2.24, 2.45) is 0 Å². The highest BCUT2D eigenvalue weighted by atomic mass is 32.2. The molecule has 5 rings (SSSR count). The van der Waals surface area contributed by atoms with Crippen LogP contribution >= 0.6 is 23.1 Å². The summed E-state index contributed by atoms with van der Waals surface area (Å²) >= 11 is 2.66. The smallest absolute Gasteiger partial charge is 0.267 e. The minimum absolute atomic E-state index is 0.0720. The molecular formula is C26H19N3O3S2. The molecule has 34 heavy (non-hydrogen) atoms. The third kappa shape index (κ3) is 4.59. The largest absolute Gasteiger partial charge is 0.508 e. The van der Waals surface area contributed by atoms with Gasteiger partial charge in [0.15, 0.2) is 5.16 Å². The van der Waals surface area contributed by atoms with Gasteiger partial charge in [0.05, 0.1) is 16.8 Å². The van der Waals surface area contributed by atoms with Crippen molar-refractivity contribution < 1.29 is 9.90 Å². The Kier molecular flexibility index (Phi) is 6.16. The molecule has 5 aromatic rings. The number of phenolic OH excluding ortho intramolecular Hbond substituents is 1. The third-order valence-corrected chi connectivity index (χ3v) is 7.11. The van der Waals surface area contributed by atoms with E-state index < -0.39 is 0 Å². The fourth-order valence-corrected chi connectivity index (χ4v) is 5.37. The molecule has 0 aliphatic carbocycles. The SMILES string of the molecule is O=C(CSc1nc2sc(-c3ccccc3)cc2c(=O)n1-c1ccccc1)Nc1ccc(O)cc1. The molecular weight excluding hydrogens is 466 g/mol. The Balaban J connectivity index is 1.50. The van der Waals surface area contributed by atoms with E-state index in [0.29, 0.717) is 26.7 Å². The number of phenols is 1. The van der Waals surface area contributed by atoms with Gasteiger partial charge in [0.1, 0.15) is 10.6 Å². The quantitative estimate of drug-likeness (QED) is 0.187. The monoisotopic (exact) mass is 485 g/mol. The van der Waals surface area contributed by atoms with Crippen LogP contribution in [-0.4, -0.2) is 26.3 Å². The summed E-state index contributed by atoms with van der Waals surface area (Å²) in [5, 5.41) is 13.2. The van der Waals surface area contributed by atoms with Gasteiger partial charge in [-0.15, -0.1) is 11.3 Å². The average Bonchev–Trinajstić information content (AvgIpc) is 3.30. The number of fused-ring (bicyclic) bond motifs is 1. The summed E-state index contributed by atoms with van der Waals surface area (Å²) in [5.41, 5.74) is 2.13. The molecule has 0 aliphatic heterocycles. The highest BCUT2D eigenvalue weighted by Gasteiger charge is 2.17. The number of hydrogen-bond donors (Lipinski definition) is 2. The molecule has 0 unspecified atom stereocenters. The summed E-state index contributed by atoms with van der Waals surface area (Å²) in [6.07, 6.45) is 0. The van der Waals surface area contributed by atoms with Gasteiger partial charge in [-0.05, 0) is 48.0 Å². The summed E-state index contributed by atoms with van der Waals surface area (Å²) < 4.78 is 1.56. The molecule has 0 fully saturated rings. The molecule has 0 aliphatic rings. The van der Waals surface area contributed by atoms with Crippen LogP contribution in [0.3, 0.4) is 0 Å². The van der Waals surface area contributed by atoms with Crippen LogP contribution in [0.5, 0.6) is 5.75 Å². The Hall–Kier alpha value is -3.88. The van der Waals surface area contributed by atoms with Crippen molar-refractivity contribution in [1.82, 2.24) is 9.55 Å². The first-order valence-electron chi connectivity index (χ1n) is 10.5. The van der Waals surface area contributed by atoms with Crippen molar-refractivity contribution in [3.8, 4) is 21.9 Å². The number of rotatable bonds is 6. The lowest BCUT2D eigenvalue weighted by Gasteiger charge is -2.12. The van der Waals surface area contributed by atoms with Gasteiger partial charge in [0.2, 0.25) is 5.91 Å². The number of amides is 1. The second-order valence-corrected chi connectivity index (χ2v) is 9.42. The Labute approximate surface area is 203 Å². The zero-order valence-corrected chi connectivity index (χ0v) is 19.5. The first kappa shape index (κ1) is 21.9. The number of thioether (sulfide) groups is 1. The predicted molar refractivity (Wildman–Crippen MR) is 138 cm³/mol. The molecule has 2 heterocycles. The number of para-hydroxylation sites is 1. The van der Waals surface area contributed by atoms with E-state index in [4.69, 9.17) is 4.98 Å². The number of benzene rings is 3. The number of carbonyl (C=O) groups is 1. The van der Waals surface area contributed by atoms with Crippen molar-refractivity contribution in [3.05, 3.63) is 101 Å². The van der Waals surface area contributed by atoms with Crippen LogP contribution < -0.4 is 10.9 Å². The number of anilines is 1. The van der Waals surface area contributed by atoms with Crippen LogP contribution in [0, 0.1) is 0 Å². The number of nitrogens with zero attached hydrogens (tertiary/aromatic N) is 2. The van der Waals surface area contributed by atoms with E-state index in [1.54, 1.807) is 16.7 Å². The van der Waals surface area contributed by atoms with Gasteiger partial charge in [-0.2, -0.15) is 0 Å². The van der Waals surface area contributed by atoms with Gasteiger partial charge in [-0.25, -0.2) is 4.98 Å². The van der Waals surface area contributed by atoms with E-state index in [9.17, 15) is 14.7 Å². The molecule has 0 radical (unpaired) electrons. The lowest BCUT2D eigenvalue weighted by Crippen LogP contribution is -2.22. The Morgan fingerprint density at radius 1 is 0.971 bits per heavy atom. The highest BCUT2D eigenvalue weighted by molar-refractivity contribution is 7.99. The van der Waals surface area contributed by atoms with Crippen molar-refractivity contribution in [1.29, 1.82) is 0 Å². The van der Waals surface area contributed by atoms with Crippen molar-refractivity contribution in [2.45, 2.75) is 5.16 Å². The van der Waals surface area contributed by atoms with E-state index in [1.165, 1.54) is 35.2 Å². The van der Waals surface area contributed by atoms with E-state index in [-0.39, 0.29) is 23.0 Å². The summed E-state index contributed by atoms with van der Waals surface area (Å²) in [6, 6.07) is 27.3. The van der Waals surface area contributed by atoms with Crippen molar-refractivity contribution >= 4 is 44.9 Å². The molecule has 8 heteroatoms. The summed E-state index contributed by atoms with van der Waals surface area (Å²) in [5.74, 6) is -0.0360. The molecule has 1 amide bonds. The molecule has 2 aromatic heterocycles. The van der Waals surface area contributed by atoms with Crippen LogP contribution in [0.4, 0.5) is 5.69 Å². The van der Waals surface area contributed by atoms with Gasteiger partial charge < -0.3 is 10.4 Å². The van der Waals surface area contributed by atoms with Crippen LogP contribution in [0.1, 0.15) is 0 Å². The predicted octanol–water partition coefficient (Wildman–Crippen LogP) is 5.55. The second-order valence-electron chi connectivity index (χ2n) is 7.45. The fourth-order valence-electron chi connectivity index (χ4n) is 3.48. The average molecular weight is 486 g/mol. The lowest BCUT2D eigenvalue weighted by atomic mass is 10.2. The van der Waals surface area contributed by atoms with Gasteiger partial charge >= 0.3 is 0 Å². The minimum Gasteiger partial charge on any atom is -0.508 e. The van der Waals surface area contributed by atoms with Crippen LogP contribution in [0.2, 0.25) is 0 Å². The number of hydrogen-bond acceptors (Lipinski definition) is 6. The van der Waals surface area contributed by atoms with E-state index in [2.05, 4.69) is 5.32 Å². The van der Waals surface area contributed by atoms with Crippen LogP contribution in [0.25, 0.3) is 26.3 Å². The van der Waals surface area contributed by atoms with Gasteiger partial charge in [0.25, 0.3) is 5.56 Å². The number of aromatic nitrogens is 2. The van der Waals surface area contributed by atoms with E-state index >= 15 is 0 Å². The Bertz CT molecular complexity index is 1510. The number of aromatic hydroxyl groups is 1. The first-order valence-corrected chi connectivity index (χ1v) is 12.3. The Morgan fingerprint density at radius 3 is 2.35 bits per heavy atom. The standard InChI is InChI=1S/C26H19N3O3S2/c30-20-13-11-18(12-14-20)27-23(31)16-33-26-28-24-21(15-22(34-24)17-7-3-1-4-8-17)25(32)29(26)19-9-5-2-6-10-19/h1-15,30H,16H2,(H,27,31). The zero-order chi connectivity index (χ0) is 23.5. The topological polar surface area (TPSA) is 84.2 Å². The van der Waals surface area contributed by atoms with Gasteiger partial charge in [-0.3, -0.25) is 14.2 Å². The van der Waals surface area contributed by atoms with Gasteiger partial charge in [0, 0.05) is 10.6 Å². The molecule has 0 atom stereocenters. The minimum atomic E-state index is -0.235. The maximum atomic E-state index is 13.6. The summed E-state index contributed by atoms with van der Waals surface area (Å²) in [7, 11) is 0. The summed E-state index contributed by atoms with van der Waals surface area (Å²) in [4.78, 5) is 32.5. The van der Waals surface area contributed by atoms with Crippen molar-refractivity contribution in [2.75, 3.05) is 11.1 Å². The molecule has 0 spiro atoms. The third-order valence-electron chi connectivity index (χ3n) is 5.09. The first-order chi connectivity index (χ1) is 16.6. The number of thiophene rings is 1. The molecule has 0 saturated carbocycles. The molecule has 168 valence electrons. The maximum absolute atomic E-state index is 13.6. The fraction of sp³-hybridized carbons (Fsp3) is 0.0385. The number of carbonyl (C=O) groups excluding carboxylic acids is 1. The number of nitrogens with one attached hydrogen (secondary N) is 1. The molecule has 6 nitrogen and oxygen atoms in total. The van der Waals surface area contributed by atoms with Crippen LogP contribution in [0.15, 0.2) is 101 Å². The lowest BCUT2D eigenvalue weighted by molar-refractivity contribution is -0.113. The highest BCUT2D eigenvalue weighted by Crippen LogP contribution is 2.32.